The molecule has 1 aliphatic heterocycles. The van der Waals surface area contributed by atoms with Gasteiger partial charge in [-0.1, -0.05) is 83.5 Å². The number of hydrogen-bond acceptors (Lipinski definition) is 2. The number of rotatable bonds is 13. The molecule has 1 heterocycles. The molecule has 0 amide bonds. The van der Waals surface area contributed by atoms with Crippen molar-refractivity contribution in [2.75, 3.05) is 19.7 Å². The second-order valence-corrected chi connectivity index (χ2v) is 7.34. The average molecular weight is 386 g/mol. The molecule has 23 heavy (non-hydrogen) atoms. The number of nitrogens with one attached hydrogen (secondary N) is 1. The van der Waals surface area contributed by atoms with E-state index in [2.05, 4.69) is 38.9 Å². The monoisotopic (exact) mass is 385 g/mol. The van der Waals surface area contributed by atoms with Gasteiger partial charge in [-0.2, -0.15) is 0 Å². The minimum atomic E-state index is -0.0434. The maximum atomic E-state index is 6.07. The van der Waals surface area contributed by atoms with Crippen LogP contribution < -0.4 is 5.32 Å². The predicted octanol–water partition coefficient (Wildman–Crippen LogP) is 5.79. The number of unbranched alkanes of at least 4 members (excludes halogenated alkanes) is 10. The first-order valence-corrected chi connectivity index (χ1v) is 10.6. The van der Waals surface area contributed by atoms with Gasteiger partial charge in [0, 0.05) is 35.4 Å². The third-order valence-electron chi connectivity index (χ3n) is 4.85. The summed E-state index contributed by atoms with van der Waals surface area (Å²) in [5.74, 6) is 3.15. The summed E-state index contributed by atoms with van der Waals surface area (Å²) in [6.07, 6.45) is 17.3. The van der Waals surface area contributed by atoms with Crippen LogP contribution in [-0.2, 0) is 4.74 Å². The van der Waals surface area contributed by atoms with Crippen molar-refractivity contribution in [2.45, 2.75) is 96.0 Å². The summed E-state index contributed by atoms with van der Waals surface area (Å²) in [6, 6.07) is 0. The van der Waals surface area contributed by atoms with E-state index in [-0.39, 0.29) is 5.60 Å². The van der Waals surface area contributed by atoms with E-state index in [1.165, 1.54) is 70.6 Å². The second-order valence-electron chi connectivity index (χ2n) is 6.94. The van der Waals surface area contributed by atoms with Crippen LogP contribution in [0.2, 0.25) is 0 Å². The molecule has 0 spiro atoms. The summed E-state index contributed by atoms with van der Waals surface area (Å²) >= 11 is 3.20. The Hall–Kier alpha value is -0.0400. The summed E-state index contributed by atoms with van der Waals surface area (Å²) in [5, 5.41) is 3.47. The van der Waals surface area contributed by atoms with Gasteiger partial charge in [-0.25, -0.2) is 0 Å². The van der Waals surface area contributed by atoms with Crippen LogP contribution in [0.1, 0.15) is 90.4 Å². The highest BCUT2D eigenvalue weighted by Crippen LogP contribution is 2.25. The SMILES string of the molecule is CCCCCCCCCCCCCC1(CC#CBr)CNCCO1. The van der Waals surface area contributed by atoms with Gasteiger partial charge in [-0.15, -0.1) is 0 Å². The van der Waals surface area contributed by atoms with Gasteiger partial charge in [0.05, 0.1) is 12.2 Å². The van der Waals surface area contributed by atoms with Crippen LogP contribution in [0.25, 0.3) is 0 Å². The molecule has 2 nitrogen and oxygen atoms in total. The fourth-order valence-corrected chi connectivity index (χ4v) is 3.52. The van der Waals surface area contributed by atoms with Crippen LogP contribution in [0.4, 0.5) is 0 Å². The van der Waals surface area contributed by atoms with Crippen LogP contribution in [0.3, 0.4) is 0 Å². The van der Waals surface area contributed by atoms with Crippen molar-refractivity contribution in [1.82, 2.24) is 5.32 Å². The molecule has 1 aliphatic rings. The third kappa shape index (κ3) is 10.4. The van der Waals surface area contributed by atoms with Crippen LogP contribution in [0.5, 0.6) is 0 Å². The Labute approximate surface area is 152 Å². The Bertz CT molecular complexity index is 328. The third-order valence-corrected chi connectivity index (χ3v) is 5.13. The van der Waals surface area contributed by atoms with Crippen molar-refractivity contribution < 1.29 is 4.74 Å². The highest BCUT2D eigenvalue weighted by Gasteiger charge is 2.31. The molecule has 1 unspecified atom stereocenters. The summed E-state index contributed by atoms with van der Waals surface area (Å²) in [7, 11) is 0. The molecular weight excluding hydrogens is 350 g/mol. The zero-order chi connectivity index (χ0) is 16.6. The highest BCUT2D eigenvalue weighted by atomic mass is 79.9. The van der Waals surface area contributed by atoms with Crippen LogP contribution >= 0.6 is 15.9 Å². The molecule has 0 bridgehead atoms. The quantitative estimate of drug-likeness (QED) is 0.319. The maximum Gasteiger partial charge on any atom is 0.0915 e. The standard InChI is InChI=1S/C20H36BrNO/c1-2-3-4-5-6-7-8-9-10-11-12-14-20(15-13-16-21)19-22-17-18-23-20/h22H,2-12,14-15,17-19H2,1H3. The number of halogens is 1. The topological polar surface area (TPSA) is 21.3 Å². The first kappa shape index (κ1) is 21.0. The second kappa shape index (κ2) is 14.3. The lowest BCUT2D eigenvalue weighted by Crippen LogP contribution is -2.49. The van der Waals surface area contributed by atoms with Gasteiger partial charge in [0.1, 0.15) is 0 Å². The Balaban J connectivity index is 2.00. The number of hydrogen-bond donors (Lipinski definition) is 1. The molecule has 0 aromatic rings. The van der Waals surface area contributed by atoms with E-state index in [1.54, 1.807) is 0 Å². The Morgan fingerprint density at radius 1 is 0.957 bits per heavy atom. The van der Waals surface area contributed by atoms with E-state index >= 15 is 0 Å². The van der Waals surface area contributed by atoms with Crippen LogP contribution in [0, 0.1) is 10.8 Å². The molecule has 0 aromatic carbocycles. The minimum absolute atomic E-state index is 0.0434. The van der Waals surface area contributed by atoms with Crippen molar-refractivity contribution in [2.24, 2.45) is 0 Å². The highest BCUT2D eigenvalue weighted by molar-refractivity contribution is 9.12. The van der Waals surface area contributed by atoms with E-state index in [9.17, 15) is 0 Å². The molecule has 1 fully saturated rings. The molecule has 1 rings (SSSR count). The fourth-order valence-electron chi connectivity index (χ4n) is 3.38. The zero-order valence-electron chi connectivity index (χ0n) is 15.1. The van der Waals surface area contributed by atoms with Crippen molar-refractivity contribution in [3.8, 4) is 10.8 Å². The van der Waals surface area contributed by atoms with E-state index in [1.807, 2.05) is 0 Å². The summed E-state index contributed by atoms with van der Waals surface area (Å²) in [4.78, 5) is 2.84. The Morgan fingerprint density at radius 2 is 1.57 bits per heavy atom. The van der Waals surface area contributed by atoms with Gasteiger partial charge in [-0.05, 0) is 11.3 Å². The van der Waals surface area contributed by atoms with Gasteiger partial charge >= 0.3 is 0 Å². The van der Waals surface area contributed by atoms with E-state index in [0.29, 0.717) is 0 Å². The Morgan fingerprint density at radius 3 is 2.09 bits per heavy atom. The number of ether oxygens (including phenoxy) is 1. The minimum Gasteiger partial charge on any atom is -0.371 e. The lowest BCUT2D eigenvalue weighted by Gasteiger charge is -2.36. The Kier molecular flexibility index (Phi) is 13.1. The molecule has 0 saturated carbocycles. The van der Waals surface area contributed by atoms with E-state index < -0.39 is 0 Å². The fraction of sp³-hybridized carbons (Fsp3) is 0.900. The maximum absolute atomic E-state index is 6.07. The van der Waals surface area contributed by atoms with E-state index in [0.717, 1.165) is 32.5 Å². The molecule has 1 N–H and O–H groups in total. The van der Waals surface area contributed by atoms with Crippen molar-refractivity contribution in [3.05, 3.63) is 0 Å². The largest absolute Gasteiger partial charge is 0.371 e. The van der Waals surface area contributed by atoms with Crippen molar-refractivity contribution in [3.63, 3.8) is 0 Å². The van der Waals surface area contributed by atoms with E-state index in [4.69, 9.17) is 4.74 Å². The van der Waals surface area contributed by atoms with Gasteiger partial charge in [0.15, 0.2) is 0 Å². The van der Waals surface area contributed by atoms with Crippen LogP contribution in [-0.4, -0.2) is 25.3 Å². The summed E-state index contributed by atoms with van der Waals surface area (Å²) in [5.41, 5.74) is -0.0434. The average Bonchev–Trinajstić information content (AvgIpc) is 2.59. The molecule has 1 saturated heterocycles. The van der Waals surface area contributed by atoms with Crippen molar-refractivity contribution in [1.29, 1.82) is 0 Å². The first-order valence-electron chi connectivity index (χ1n) is 9.76. The molecule has 1 atom stereocenters. The normalized spacial score (nSPS) is 21.0. The molecule has 3 heteroatoms. The molecule has 0 aliphatic carbocycles. The van der Waals surface area contributed by atoms with Gasteiger partial charge in [0.25, 0.3) is 0 Å². The molecule has 0 radical (unpaired) electrons. The smallest absolute Gasteiger partial charge is 0.0915 e. The molecule has 134 valence electrons. The van der Waals surface area contributed by atoms with Gasteiger partial charge in [-0.3, -0.25) is 0 Å². The molecule has 0 aromatic heterocycles. The lowest BCUT2D eigenvalue weighted by atomic mass is 9.91. The van der Waals surface area contributed by atoms with Crippen molar-refractivity contribution >= 4 is 15.9 Å². The molecular formula is C20H36BrNO. The lowest BCUT2D eigenvalue weighted by molar-refractivity contribution is -0.0688. The predicted molar refractivity (Wildman–Crippen MR) is 104 cm³/mol. The summed E-state index contributed by atoms with van der Waals surface area (Å²) in [6.45, 7) is 5.03. The van der Waals surface area contributed by atoms with Crippen LogP contribution in [0.15, 0.2) is 0 Å². The number of morpholine rings is 1. The van der Waals surface area contributed by atoms with Gasteiger partial charge in [0.2, 0.25) is 0 Å². The summed E-state index contributed by atoms with van der Waals surface area (Å²) < 4.78 is 6.07. The zero-order valence-corrected chi connectivity index (χ0v) is 16.7. The first-order chi connectivity index (χ1) is 11.3. The van der Waals surface area contributed by atoms with Gasteiger partial charge < -0.3 is 10.1 Å².